The maximum absolute atomic E-state index is 12.5. The lowest BCUT2D eigenvalue weighted by molar-refractivity contribution is -0.271. The van der Waals surface area contributed by atoms with Crippen LogP contribution in [0.25, 0.3) is 6.08 Å². The van der Waals surface area contributed by atoms with Crippen molar-refractivity contribution in [2.75, 3.05) is 7.11 Å². The molecular formula is C22H22O11. The molecule has 11 nitrogen and oxygen atoms in total. The summed E-state index contributed by atoms with van der Waals surface area (Å²) >= 11 is 0. The summed E-state index contributed by atoms with van der Waals surface area (Å²) in [6, 6.07) is 8.67. The van der Waals surface area contributed by atoms with Crippen LogP contribution in [0.15, 0.2) is 42.5 Å². The summed E-state index contributed by atoms with van der Waals surface area (Å²) in [6.07, 6.45) is -6.67. The quantitative estimate of drug-likeness (QED) is 0.245. The second-order valence-electron chi connectivity index (χ2n) is 7.16. The average Bonchev–Trinajstić information content (AvgIpc) is 2.77. The average molecular weight is 462 g/mol. The number of aliphatic hydroxyl groups is 3. The molecule has 0 aliphatic carbocycles. The van der Waals surface area contributed by atoms with Gasteiger partial charge in [0.05, 0.1) is 7.11 Å². The molecule has 0 radical (unpaired) electrons. The zero-order valence-corrected chi connectivity index (χ0v) is 17.2. The van der Waals surface area contributed by atoms with Gasteiger partial charge >= 0.3 is 5.97 Å². The lowest BCUT2D eigenvalue weighted by Gasteiger charge is -2.38. The van der Waals surface area contributed by atoms with Gasteiger partial charge in [-0.05, 0) is 23.8 Å². The molecule has 1 fully saturated rings. The molecule has 11 heteroatoms. The number of benzene rings is 2. The molecule has 33 heavy (non-hydrogen) atoms. The van der Waals surface area contributed by atoms with Gasteiger partial charge in [-0.25, -0.2) is 4.79 Å². The number of hydrogen-bond donors (Lipinski definition) is 6. The number of hydrogen-bond acceptors (Lipinski definition) is 10. The van der Waals surface area contributed by atoms with Crippen LogP contribution in [0.3, 0.4) is 0 Å². The summed E-state index contributed by atoms with van der Waals surface area (Å²) in [7, 11) is 1.52. The van der Waals surface area contributed by atoms with Crippen molar-refractivity contribution < 1.29 is 54.4 Å². The zero-order valence-electron chi connectivity index (χ0n) is 17.2. The Morgan fingerprint density at radius 1 is 0.939 bits per heavy atom. The number of phenols is 2. The maximum Gasteiger partial charge on any atom is 0.335 e. The number of aromatic hydroxyl groups is 2. The van der Waals surface area contributed by atoms with Gasteiger partial charge in [0.2, 0.25) is 6.29 Å². The predicted octanol–water partition coefficient (Wildman–Crippen LogP) is 0.273. The first-order chi connectivity index (χ1) is 15.6. The number of carbonyl (C=O) groups is 2. The highest BCUT2D eigenvalue weighted by molar-refractivity contribution is 6.10. The van der Waals surface area contributed by atoms with Crippen LogP contribution < -0.4 is 9.47 Å². The van der Waals surface area contributed by atoms with Gasteiger partial charge < -0.3 is 44.8 Å². The third-order valence-electron chi connectivity index (χ3n) is 4.92. The van der Waals surface area contributed by atoms with Gasteiger partial charge in [0.1, 0.15) is 46.9 Å². The molecule has 3 rings (SSSR count). The van der Waals surface area contributed by atoms with Crippen molar-refractivity contribution in [3.05, 3.63) is 53.6 Å². The van der Waals surface area contributed by atoms with Crippen LogP contribution in [0.2, 0.25) is 0 Å². The Labute approximate surface area is 187 Å². The van der Waals surface area contributed by atoms with Gasteiger partial charge in [0.25, 0.3) is 0 Å². The van der Waals surface area contributed by atoms with Crippen molar-refractivity contribution in [1.29, 1.82) is 0 Å². The molecular weight excluding hydrogens is 440 g/mol. The van der Waals surface area contributed by atoms with Crippen LogP contribution in [0.5, 0.6) is 23.0 Å². The summed E-state index contributed by atoms with van der Waals surface area (Å²) in [5.74, 6) is -3.29. The minimum atomic E-state index is -1.91. The van der Waals surface area contributed by atoms with Gasteiger partial charge in [0, 0.05) is 12.1 Å². The number of ketones is 1. The molecule has 5 atom stereocenters. The fraction of sp³-hybridized carbons (Fsp3) is 0.273. The molecule has 0 aromatic heterocycles. The number of carboxylic acid groups (broad SMARTS) is 1. The fourth-order valence-electron chi connectivity index (χ4n) is 3.16. The SMILES string of the molecule is COc1ccc(C=CC(=O)c2c(O)cc(OC3OC(C(=O)O)C(O)C(O)C3O)cc2O)cc1. The van der Waals surface area contributed by atoms with E-state index in [0.29, 0.717) is 11.3 Å². The topological polar surface area (TPSA) is 183 Å². The zero-order chi connectivity index (χ0) is 24.3. The van der Waals surface area contributed by atoms with E-state index >= 15 is 0 Å². The van der Waals surface area contributed by atoms with Crippen LogP contribution in [-0.4, -0.2) is 80.2 Å². The summed E-state index contributed by atoms with van der Waals surface area (Å²) in [4.78, 5) is 23.6. The number of methoxy groups -OCH3 is 1. The van der Waals surface area contributed by atoms with E-state index < -0.39 is 59.5 Å². The number of aliphatic carboxylic acids is 1. The van der Waals surface area contributed by atoms with Crippen LogP contribution in [-0.2, 0) is 9.53 Å². The molecule has 6 N–H and O–H groups in total. The van der Waals surface area contributed by atoms with Gasteiger partial charge in [-0.15, -0.1) is 0 Å². The van der Waals surface area contributed by atoms with Gasteiger partial charge in [-0.2, -0.15) is 0 Å². The third kappa shape index (κ3) is 5.23. The molecule has 0 amide bonds. The lowest BCUT2D eigenvalue weighted by Crippen LogP contribution is -2.61. The molecule has 0 spiro atoms. The number of carboxylic acids is 1. The Hall–Kier alpha value is -3.64. The molecule has 0 saturated carbocycles. The predicted molar refractivity (Wildman–Crippen MR) is 111 cm³/mol. The first-order valence-corrected chi connectivity index (χ1v) is 9.64. The molecule has 0 bridgehead atoms. The first-order valence-electron chi connectivity index (χ1n) is 9.64. The highest BCUT2D eigenvalue weighted by atomic mass is 16.7. The van der Waals surface area contributed by atoms with Crippen molar-refractivity contribution in [2.24, 2.45) is 0 Å². The Morgan fingerprint density at radius 3 is 2.09 bits per heavy atom. The number of rotatable bonds is 7. The normalized spacial score (nSPS) is 25.0. The number of allylic oxidation sites excluding steroid dienone is 1. The minimum absolute atomic E-state index is 0.294. The summed E-state index contributed by atoms with van der Waals surface area (Å²) in [5, 5.41) is 59.1. The molecule has 5 unspecified atom stereocenters. The van der Waals surface area contributed by atoms with Crippen molar-refractivity contribution in [3.63, 3.8) is 0 Å². The lowest BCUT2D eigenvalue weighted by atomic mass is 9.99. The number of aliphatic hydroxyl groups excluding tert-OH is 3. The fourth-order valence-corrected chi connectivity index (χ4v) is 3.16. The summed E-state index contributed by atoms with van der Waals surface area (Å²) in [5.41, 5.74) is 0.247. The Kier molecular flexibility index (Phi) is 7.19. The van der Waals surface area contributed by atoms with Crippen molar-refractivity contribution in [2.45, 2.75) is 30.7 Å². The summed E-state index contributed by atoms with van der Waals surface area (Å²) in [6.45, 7) is 0. The van der Waals surface area contributed by atoms with E-state index in [0.717, 1.165) is 18.2 Å². The largest absolute Gasteiger partial charge is 0.507 e. The molecule has 1 aliphatic heterocycles. The second kappa shape index (κ2) is 9.88. The van der Waals surface area contributed by atoms with Gasteiger partial charge in [-0.1, -0.05) is 18.2 Å². The van der Waals surface area contributed by atoms with Crippen molar-refractivity contribution in [1.82, 2.24) is 0 Å². The molecule has 2 aromatic rings. The minimum Gasteiger partial charge on any atom is -0.507 e. The molecule has 1 heterocycles. The third-order valence-corrected chi connectivity index (χ3v) is 4.92. The summed E-state index contributed by atoms with van der Waals surface area (Å²) < 4.78 is 15.3. The molecule has 1 aliphatic rings. The number of carbonyl (C=O) groups excluding carboxylic acids is 1. The highest BCUT2D eigenvalue weighted by Gasteiger charge is 2.48. The molecule has 1 saturated heterocycles. The van der Waals surface area contributed by atoms with E-state index in [4.69, 9.17) is 19.3 Å². The van der Waals surface area contributed by atoms with Crippen molar-refractivity contribution in [3.8, 4) is 23.0 Å². The van der Waals surface area contributed by atoms with E-state index in [9.17, 15) is 35.1 Å². The van der Waals surface area contributed by atoms with E-state index in [2.05, 4.69) is 0 Å². The molecule has 176 valence electrons. The second-order valence-corrected chi connectivity index (χ2v) is 7.16. The standard InChI is InChI=1S/C22H22O11/c1-31-11-5-2-10(3-6-11)4-7-13(23)16-14(24)8-12(9-15(16)25)32-22-19(28)17(26)18(27)20(33-22)21(29)30/h2-9,17-20,22,24-28H,1H3,(H,29,30). The van der Waals surface area contributed by atoms with Crippen LogP contribution in [0.4, 0.5) is 0 Å². The van der Waals surface area contributed by atoms with Crippen molar-refractivity contribution >= 4 is 17.8 Å². The van der Waals surface area contributed by atoms with Crippen LogP contribution in [0.1, 0.15) is 15.9 Å². The Morgan fingerprint density at radius 2 is 1.55 bits per heavy atom. The maximum atomic E-state index is 12.5. The Bertz CT molecular complexity index is 1020. The monoisotopic (exact) mass is 462 g/mol. The van der Waals surface area contributed by atoms with Gasteiger partial charge in [-0.3, -0.25) is 4.79 Å². The molecule has 2 aromatic carbocycles. The number of ether oxygens (including phenoxy) is 3. The first kappa shape index (κ1) is 24.0. The van der Waals surface area contributed by atoms with E-state index in [1.165, 1.54) is 13.2 Å². The van der Waals surface area contributed by atoms with E-state index in [1.807, 2.05) is 0 Å². The van der Waals surface area contributed by atoms with Gasteiger partial charge in [0.15, 0.2) is 11.9 Å². The Balaban J connectivity index is 1.77. The number of phenolic OH excluding ortho intramolecular Hbond substituents is 2. The highest BCUT2D eigenvalue weighted by Crippen LogP contribution is 2.35. The smallest absolute Gasteiger partial charge is 0.335 e. The van der Waals surface area contributed by atoms with E-state index in [1.54, 1.807) is 24.3 Å². The van der Waals surface area contributed by atoms with Crippen LogP contribution in [0, 0.1) is 0 Å². The van der Waals surface area contributed by atoms with Crippen LogP contribution >= 0.6 is 0 Å². The van der Waals surface area contributed by atoms with E-state index in [-0.39, 0.29) is 5.75 Å².